The molecule has 2 aliphatic rings. The predicted octanol–water partition coefficient (Wildman–Crippen LogP) is 2.39. The quantitative estimate of drug-likeness (QED) is 0.575. The summed E-state index contributed by atoms with van der Waals surface area (Å²) in [6.45, 7) is 5.56. The Balaban J connectivity index is 2.40. The van der Waals surface area contributed by atoms with Gasteiger partial charge in [0.25, 0.3) is 0 Å². The van der Waals surface area contributed by atoms with Gasteiger partial charge in [-0.3, -0.25) is 0 Å². The molecule has 1 heteroatoms. The highest BCUT2D eigenvalue weighted by atomic mass is 14.9. The number of fused-ring (bicyclic) bond motifs is 1. The molecule has 0 saturated carbocycles. The van der Waals surface area contributed by atoms with Crippen molar-refractivity contribution in [3.05, 3.63) is 35.6 Å². The number of allylic oxidation sites excluding steroid dienone is 5. The van der Waals surface area contributed by atoms with Gasteiger partial charge in [-0.1, -0.05) is 38.2 Å². The smallest absolute Gasteiger partial charge is 0.0341 e. The zero-order valence-electron chi connectivity index (χ0n) is 7.72. The predicted molar refractivity (Wildman–Crippen MR) is 51.7 cm³/mol. The first-order valence-electron chi connectivity index (χ1n) is 4.53. The van der Waals surface area contributed by atoms with Crippen LogP contribution in [0.25, 0.3) is 0 Å². The molecule has 1 fully saturated rings. The Morgan fingerprint density at radius 1 is 1.42 bits per heavy atom. The fourth-order valence-corrected chi connectivity index (χ4v) is 1.73. The normalized spacial score (nSPS) is 25.2. The van der Waals surface area contributed by atoms with Gasteiger partial charge in [-0.25, -0.2) is 0 Å². The van der Waals surface area contributed by atoms with Gasteiger partial charge in [0.2, 0.25) is 0 Å². The topological polar surface area (TPSA) is 12.0 Å². The van der Waals surface area contributed by atoms with Crippen LogP contribution in [-0.4, -0.2) is 6.54 Å². The molecule has 0 atom stereocenters. The average molecular weight is 161 g/mol. The third-order valence-electron chi connectivity index (χ3n) is 2.40. The van der Waals surface area contributed by atoms with Crippen molar-refractivity contribution < 1.29 is 0 Å². The maximum absolute atomic E-state index is 3.41. The van der Waals surface area contributed by atoms with E-state index in [1.165, 1.54) is 17.7 Å². The van der Waals surface area contributed by atoms with Crippen LogP contribution in [0.2, 0.25) is 0 Å². The van der Waals surface area contributed by atoms with Gasteiger partial charge in [-0.2, -0.15) is 0 Å². The second-order valence-electron chi connectivity index (χ2n) is 4.11. The van der Waals surface area contributed by atoms with Crippen molar-refractivity contribution in [2.75, 3.05) is 6.54 Å². The maximum atomic E-state index is 3.41. The molecule has 0 radical (unpaired) electrons. The van der Waals surface area contributed by atoms with E-state index in [0.717, 1.165) is 6.54 Å². The molecule has 12 heavy (non-hydrogen) atoms. The van der Waals surface area contributed by atoms with Crippen molar-refractivity contribution in [3.63, 3.8) is 0 Å². The molecular weight excluding hydrogens is 146 g/mol. The number of nitrogens with one attached hydrogen (secondary N) is 1. The molecule has 0 unspecified atom stereocenters. The summed E-state index contributed by atoms with van der Waals surface area (Å²) >= 11 is 0. The van der Waals surface area contributed by atoms with E-state index in [0.29, 0.717) is 0 Å². The molecule has 0 spiro atoms. The van der Waals surface area contributed by atoms with E-state index in [2.05, 4.69) is 43.5 Å². The van der Waals surface area contributed by atoms with Gasteiger partial charge in [-0.05, 0) is 12.0 Å². The van der Waals surface area contributed by atoms with Gasteiger partial charge in [0, 0.05) is 17.7 Å². The first-order chi connectivity index (χ1) is 5.67. The lowest BCUT2D eigenvalue weighted by Gasteiger charge is -2.14. The second-order valence-corrected chi connectivity index (χ2v) is 4.11. The standard InChI is InChI=1S/C11H15N/c1-11(2)6-3-4-9-5-7-12-10(9)8-11/h3-4,6,8,12H,5,7H2,1-2H3. The van der Waals surface area contributed by atoms with Crippen molar-refractivity contribution in [1.29, 1.82) is 0 Å². The van der Waals surface area contributed by atoms with Crippen molar-refractivity contribution in [2.45, 2.75) is 20.3 Å². The minimum Gasteiger partial charge on any atom is -0.385 e. The van der Waals surface area contributed by atoms with Crippen molar-refractivity contribution in [3.8, 4) is 0 Å². The summed E-state index contributed by atoms with van der Waals surface area (Å²) < 4.78 is 0. The Labute approximate surface area is 73.9 Å². The van der Waals surface area contributed by atoms with E-state index in [1.807, 2.05) is 0 Å². The van der Waals surface area contributed by atoms with Crippen LogP contribution >= 0.6 is 0 Å². The highest BCUT2D eigenvalue weighted by Crippen LogP contribution is 2.29. The summed E-state index contributed by atoms with van der Waals surface area (Å²) in [7, 11) is 0. The van der Waals surface area contributed by atoms with E-state index in [9.17, 15) is 0 Å². The number of rotatable bonds is 0. The van der Waals surface area contributed by atoms with Gasteiger partial charge < -0.3 is 5.32 Å². The van der Waals surface area contributed by atoms with Crippen LogP contribution in [0.3, 0.4) is 0 Å². The number of hydrogen-bond acceptors (Lipinski definition) is 1. The fraction of sp³-hybridized carbons (Fsp3) is 0.455. The van der Waals surface area contributed by atoms with Gasteiger partial charge in [0.1, 0.15) is 0 Å². The van der Waals surface area contributed by atoms with Crippen LogP contribution in [0.15, 0.2) is 35.6 Å². The minimum atomic E-state index is 0.199. The average Bonchev–Trinajstić information content (AvgIpc) is 2.31. The van der Waals surface area contributed by atoms with Crippen molar-refractivity contribution >= 4 is 0 Å². The summed E-state index contributed by atoms with van der Waals surface area (Å²) in [4.78, 5) is 0. The lowest BCUT2D eigenvalue weighted by Crippen LogP contribution is -2.09. The summed E-state index contributed by atoms with van der Waals surface area (Å²) in [5, 5.41) is 3.41. The minimum absolute atomic E-state index is 0.199. The highest BCUT2D eigenvalue weighted by Gasteiger charge is 2.19. The van der Waals surface area contributed by atoms with Crippen LogP contribution in [0.1, 0.15) is 20.3 Å². The molecule has 1 N–H and O–H groups in total. The Bertz CT molecular complexity index is 279. The van der Waals surface area contributed by atoms with Crippen LogP contribution in [0.4, 0.5) is 0 Å². The van der Waals surface area contributed by atoms with Crippen LogP contribution in [-0.2, 0) is 0 Å². The Hall–Kier alpha value is -0.980. The highest BCUT2D eigenvalue weighted by molar-refractivity contribution is 5.40. The zero-order valence-corrected chi connectivity index (χ0v) is 7.72. The Morgan fingerprint density at radius 2 is 2.25 bits per heavy atom. The van der Waals surface area contributed by atoms with Gasteiger partial charge >= 0.3 is 0 Å². The number of hydrogen-bond donors (Lipinski definition) is 1. The molecule has 1 aliphatic carbocycles. The molecule has 1 heterocycles. The molecule has 1 nitrogen and oxygen atoms in total. The Kier molecular flexibility index (Phi) is 1.60. The second kappa shape index (κ2) is 2.51. The van der Waals surface area contributed by atoms with E-state index in [-0.39, 0.29) is 5.41 Å². The molecule has 0 aromatic rings. The van der Waals surface area contributed by atoms with Crippen LogP contribution in [0.5, 0.6) is 0 Å². The maximum Gasteiger partial charge on any atom is 0.0341 e. The molecule has 1 saturated heterocycles. The zero-order chi connectivity index (χ0) is 8.60. The first-order valence-corrected chi connectivity index (χ1v) is 4.53. The van der Waals surface area contributed by atoms with Crippen molar-refractivity contribution in [1.82, 2.24) is 5.32 Å². The molecule has 0 amide bonds. The fourth-order valence-electron chi connectivity index (χ4n) is 1.73. The molecule has 0 bridgehead atoms. The lowest BCUT2D eigenvalue weighted by atomic mass is 9.92. The lowest BCUT2D eigenvalue weighted by molar-refractivity contribution is 0.619. The first kappa shape index (κ1) is 7.66. The van der Waals surface area contributed by atoms with E-state index in [4.69, 9.17) is 0 Å². The van der Waals surface area contributed by atoms with Gasteiger partial charge in [-0.15, -0.1) is 0 Å². The van der Waals surface area contributed by atoms with Crippen molar-refractivity contribution in [2.24, 2.45) is 5.41 Å². The van der Waals surface area contributed by atoms with E-state index in [1.54, 1.807) is 0 Å². The summed E-state index contributed by atoms with van der Waals surface area (Å²) in [5.74, 6) is 0. The summed E-state index contributed by atoms with van der Waals surface area (Å²) in [6, 6.07) is 0. The molecule has 1 aliphatic heterocycles. The molecule has 0 aromatic heterocycles. The van der Waals surface area contributed by atoms with Gasteiger partial charge in [0.15, 0.2) is 0 Å². The van der Waals surface area contributed by atoms with E-state index < -0.39 is 0 Å². The third kappa shape index (κ3) is 1.31. The van der Waals surface area contributed by atoms with Crippen LogP contribution in [0, 0.1) is 5.41 Å². The van der Waals surface area contributed by atoms with Crippen LogP contribution < -0.4 is 5.32 Å². The monoisotopic (exact) mass is 161 g/mol. The molecule has 64 valence electrons. The summed E-state index contributed by atoms with van der Waals surface area (Å²) in [6.07, 6.45) is 10.1. The molecule has 2 rings (SSSR count). The third-order valence-corrected chi connectivity index (χ3v) is 2.40. The molecule has 0 aromatic carbocycles. The SMILES string of the molecule is CC1(C)C=CC=C2CCNC2=C1. The molecular formula is C11H15N. The van der Waals surface area contributed by atoms with Gasteiger partial charge in [0.05, 0.1) is 0 Å². The largest absolute Gasteiger partial charge is 0.385 e. The van der Waals surface area contributed by atoms with E-state index >= 15 is 0 Å². The Morgan fingerprint density at radius 3 is 3.08 bits per heavy atom. The summed E-state index contributed by atoms with van der Waals surface area (Å²) in [5.41, 5.74) is 2.99.